The lowest BCUT2D eigenvalue weighted by atomic mass is 10.1. The Hall–Kier alpha value is -3.51. The minimum Gasteiger partial charge on any atom is -0.394 e. The van der Waals surface area contributed by atoms with Crippen molar-refractivity contribution in [2.75, 3.05) is 11.9 Å². The first-order chi connectivity index (χ1) is 14.7. The molecule has 3 N–H and O–H groups in total. The summed E-state index contributed by atoms with van der Waals surface area (Å²) in [6.07, 6.45) is 4.36. The molecule has 2 aromatic carbocycles. The molecule has 0 aliphatic heterocycles. The topological polar surface area (TPSA) is 91.3 Å². The van der Waals surface area contributed by atoms with Crippen LogP contribution in [-0.4, -0.2) is 28.5 Å². The predicted molar refractivity (Wildman–Crippen MR) is 114 cm³/mol. The Labute approximate surface area is 175 Å². The van der Waals surface area contributed by atoms with Gasteiger partial charge in [-0.25, -0.2) is 0 Å². The lowest BCUT2D eigenvalue weighted by molar-refractivity contribution is -0.117. The molecule has 0 radical (unpaired) electrons. The van der Waals surface area contributed by atoms with Gasteiger partial charge in [-0.2, -0.15) is 0 Å². The van der Waals surface area contributed by atoms with Crippen LogP contribution in [0.1, 0.15) is 39.9 Å². The highest BCUT2D eigenvalue weighted by atomic mass is 16.3. The van der Waals surface area contributed by atoms with Gasteiger partial charge >= 0.3 is 0 Å². The number of amides is 2. The summed E-state index contributed by atoms with van der Waals surface area (Å²) in [6.45, 7) is -0.223. The van der Waals surface area contributed by atoms with Crippen LogP contribution in [0.3, 0.4) is 0 Å². The number of carbonyl (C=O) groups is 2. The van der Waals surface area contributed by atoms with Crippen molar-refractivity contribution < 1.29 is 14.7 Å². The van der Waals surface area contributed by atoms with E-state index < -0.39 is 6.04 Å². The maximum absolute atomic E-state index is 12.5. The van der Waals surface area contributed by atoms with Crippen LogP contribution >= 0.6 is 0 Å². The third-order valence-electron chi connectivity index (χ3n) is 5.34. The molecule has 0 bridgehead atoms. The number of hydrogen-bond donors (Lipinski definition) is 3. The second-order valence-corrected chi connectivity index (χ2v) is 7.42. The highest BCUT2D eigenvalue weighted by Crippen LogP contribution is 2.47. The molecule has 4 rings (SSSR count). The van der Waals surface area contributed by atoms with E-state index in [9.17, 15) is 14.7 Å². The summed E-state index contributed by atoms with van der Waals surface area (Å²) in [5.41, 5.74) is 3.08. The van der Waals surface area contributed by atoms with Crippen LogP contribution in [-0.2, 0) is 4.79 Å². The molecule has 0 spiro atoms. The molecule has 30 heavy (non-hydrogen) atoms. The van der Waals surface area contributed by atoms with E-state index in [0.29, 0.717) is 11.3 Å². The number of aliphatic hydroxyl groups excluding tert-OH is 1. The molecule has 152 valence electrons. The van der Waals surface area contributed by atoms with E-state index >= 15 is 0 Å². The van der Waals surface area contributed by atoms with Crippen molar-refractivity contribution in [3.05, 3.63) is 95.8 Å². The molecular weight excluding hydrogens is 378 g/mol. The van der Waals surface area contributed by atoms with Gasteiger partial charge in [0.2, 0.25) is 5.91 Å². The number of benzene rings is 2. The fourth-order valence-corrected chi connectivity index (χ4v) is 3.55. The second kappa shape index (κ2) is 8.88. The summed E-state index contributed by atoms with van der Waals surface area (Å²) < 4.78 is 0. The van der Waals surface area contributed by atoms with E-state index in [4.69, 9.17) is 0 Å². The largest absolute Gasteiger partial charge is 0.394 e. The number of carbonyl (C=O) groups excluding carboxylic acids is 2. The van der Waals surface area contributed by atoms with Crippen molar-refractivity contribution in [2.45, 2.75) is 18.4 Å². The summed E-state index contributed by atoms with van der Waals surface area (Å²) in [5.74, 6) is -0.0657. The molecule has 1 heterocycles. The Bertz CT molecular complexity index is 1010. The first-order valence-corrected chi connectivity index (χ1v) is 9.93. The second-order valence-electron chi connectivity index (χ2n) is 7.42. The molecule has 1 fully saturated rings. The zero-order chi connectivity index (χ0) is 20.9. The Morgan fingerprint density at radius 2 is 1.80 bits per heavy atom. The fraction of sp³-hybridized carbons (Fsp3) is 0.208. The van der Waals surface area contributed by atoms with Gasteiger partial charge in [0.1, 0.15) is 0 Å². The molecule has 1 aliphatic carbocycles. The molecule has 1 saturated carbocycles. The standard InChI is InChI=1S/C24H23N3O3/c28-15-22(27-23(29)17-5-2-1-3-6-17)16-8-10-19(11-9-16)26-24(30)21-13-20(21)18-7-4-12-25-14-18/h1-12,14,20-22,28H,13,15H2,(H,26,30)(H,27,29)/t20-,21+,22+/m1/s1. The van der Waals surface area contributed by atoms with Gasteiger partial charge in [0.15, 0.2) is 0 Å². The minimum atomic E-state index is -0.527. The van der Waals surface area contributed by atoms with E-state index in [1.165, 1.54) is 0 Å². The maximum Gasteiger partial charge on any atom is 0.251 e. The lowest BCUT2D eigenvalue weighted by Crippen LogP contribution is -2.30. The van der Waals surface area contributed by atoms with Gasteiger partial charge in [-0.1, -0.05) is 36.4 Å². The molecule has 6 nitrogen and oxygen atoms in total. The number of hydrogen-bond acceptors (Lipinski definition) is 4. The molecular formula is C24H23N3O3. The monoisotopic (exact) mass is 401 g/mol. The average Bonchev–Trinajstić information content (AvgIpc) is 3.60. The maximum atomic E-state index is 12.5. The number of anilines is 1. The summed E-state index contributed by atoms with van der Waals surface area (Å²) in [4.78, 5) is 29.0. The van der Waals surface area contributed by atoms with Crippen LogP contribution in [0.25, 0.3) is 0 Å². The van der Waals surface area contributed by atoms with Crippen LogP contribution in [0, 0.1) is 5.92 Å². The normalized spacial score (nSPS) is 18.3. The van der Waals surface area contributed by atoms with Gasteiger partial charge in [0.05, 0.1) is 12.6 Å². The van der Waals surface area contributed by atoms with Gasteiger partial charge in [0, 0.05) is 29.6 Å². The summed E-state index contributed by atoms with van der Waals surface area (Å²) >= 11 is 0. The van der Waals surface area contributed by atoms with Crippen molar-refractivity contribution >= 4 is 17.5 Å². The minimum absolute atomic E-state index is 0.00677. The Balaban J connectivity index is 1.35. The quantitative estimate of drug-likeness (QED) is 0.567. The molecule has 3 atom stereocenters. The van der Waals surface area contributed by atoms with E-state index in [1.54, 1.807) is 54.7 Å². The number of aliphatic hydroxyl groups is 1. The van der Waals surface area contributed by atoms with Gasteiger partial charge in [-0.05, 0) is 53.8 Å². The molecule has 0 saturated heterocycles. The van der Waals surface area contributed by atoms with Crippen LogP contribution in [0.4, 0.5) is 5.69 Å². The Kier molecular flexibility index (Phi) is 5.86. The van der Waals surface area contributed by atoms with Crippen molar-refractivity contribution in [3.63, 3.8) is 0 Å². The zero-order valence-corrected chi connectivity index (χ0v) is 16.4. The lowest BCUT2D eigenvalue weighted by Gasteiger charge is -2.17. The predicted octanol–water partition coefficient (Wildman–Crippen LogP) is 3.29. The number of rotatable bonds is 7. The third kappa shape index (κ3) is 4.55. The van der Waals surface area contributed by atoms with Crippen LogP contribution in [0.2, 0.25) is 0 Å². The van der Waals surface area contributed by atoms with Gasteiger partial charge in [0.25, 0.3) is 5.91 Å². The molecule has 1 aliphatic rings. The van der Waals surface area contributed by atoms with E-state index in [0.717, 1.165) is 17.5 Å². The van der Waals surface area contributed by atoms with Crippen LogP contribution in [0.15, 0.2) is 79.1 Å². The molecule has 6 heteroatoms. The van der Waals surface area contributed by atoms with Crippen molar-refractivity contribution in [2.24, 2.45) is 5.92 Å². The Morgan fingerprint density at radius 1 is 1.03 bits per heavy atom. The van der Waals surface area contributed by atoms with Crippen LogP contribution < -0.4 is 10.6 Å². The number of aromatic nitrogens is 1. The first kappa shape index (κ1) is 19.8. The highest BCUT2D eigenvalue weighted by Gasteiger charge is 2.44. The third-order valence-corrected chi connectivity index (χ3v) is 5.34. The summed E-state index contributed by atoms with van der Waals surface area (Å²) in [7, 11) is 0. The highest BCUT2D eigenvalue weighted by molar-refractivity contribution is 5.95. The Morgan fingerprint density at radius 3 is 2.47 bits per heavy atom. The SMILES string of the molecule is O=C(N[C@@H](CO)c1ccc(NC(=O)[C@H]2C[C@@H]2c2cccnc2)cc1)c1ccccc1. The number of nitrogens with zero attached hydrogens (tertiary/aromatic N) is 1. The molecule has 1 aromatic heterocycles. The van der Waals surface area contributed by atoms with Gasteiger partial charge in [-0.3, -0.25) is 14.6 Å². The molecule has 3 aromatic rings. The van der Waals surface area contributed by atoms with Crippen molar-refractivity contribution in [1.29, 1.82) is 0 Å². The van der Waals surface area contributed by atoms with Crippen molar-refractivity contribution in [1.82, 2.24) is 10.3 Å². The molecule has 0 unspecified atom stereocenters. The number of pyridine rings is 1. The smallest absolute Gasteiger partial charge is 0.251 e. The average molecular weight is 401 g/mol. The zero-order valence-electron chi connectivity index (χ0n) is 16.4. The van der Waals surface area contributed by atoms with E-state index in [-0.39, 0.29) is 30.3 Å². The fourth-order valence-electron chi connectivity index (χ4n) is 3.55. The number of nitrogens with one attached hydrogen (secondary N) is 2. The molecule has 2 amide bonds. The van der Waals surface area contributed by atoms with Gasteiger partial charge in [-0.15, -0.1) is 0 Å². The van der Waals surface area contributed by atoms with E-state index in [2.05, 4.69) is 15.6 Å². The van der Waals surface area contributed by atoms with E-state index in [1.807, 2.05) is 24.4 Å². The summed E-state index contributed by atoms with van der Waals surface area (Å²) in [5, 5.41) is 15.5. The van der Waals surface area contributed by atoms with Crippen molar-refractivity contribution in [3.8, 4) is 0 Å². The van der Waals surface area contributed by atoms with Crippen LogP contribution in [0.5, 0.6) is 0 Å². The van der Waals surface area contributed by atoms with Gasteiger partial charge < -0.3 is 15.7 Å². The summed E-state index contributed by atoms with van der Waals surface area (Å²) in [6, 6.07) is 19.4. The first-order valence-electron chi connectivity index (χ1n) is 9.93.